The number of rotatable bonds is 5. The lowest BCUT2D eigenvalue weighted by Gasteiger charge is -2.12. The van der Waals surface area contributed by atoms with Gasteiger partial charge in [-0.05, 0) is 37.1 Å². The predicted octanol–water partition coefficient (Wildman–Crippen LogP) is 3.38. The van der Waals surface area contributed by atoms with E-state index in [2.05, 4.69) is 0 Å². The molecule has 0 radical (unpaired) electrons. The zero-order chi connectivity index (χ0) is 17.0. The Morgan fingerprint density at radius 3 is 2.43 bits per heavy atom. The number of esters is 1. The molecule has 23 heavy (non-hydrogen) atoms. The summed E-state index contributed by atoms with van der Waals surface area (Å²) in [5, 5.41) is 20.7. The van der Waals surface area contributed by atoms with Gasteiger partial charge < -0.3 is 9.84 Å². The molecule has 120 valence electrons. The number of nitro benzene ring substituents is 1. The monoisotopic (exact) mass is 315 g/mol. The molecule has 0 aliphatic rings. The van der Waals surface area contributed by atoms with Crippen LogP contribution in [0.25, 0.3) is 0 Å². The average Bonchev–Trinajstić information content (AvgIpc) is 2.52. The molecule has 0 saturated carbocycles. The molecule has 2 aromatic rings. The van der Waals surface area contributed by atoms with Crippen LogP contribution in [0.4, 0.5) is 5.69 Å². The molecule has 0 bridgehead atoms. The topological polar surface area (TPSA) is 89.7 Å². The number of aromatic hydroxyl groups is 1. The van der Waals surface area contributed by atoms with Gasteiger partial charge in [-0.3, -0.25) is 10.1 Å². The number of nitro groups is 1. The molecule has 1 N–H and O–H groups in total. The third-order valence-corrected chi connectivity index (χ3v) is 3.60. The van der Waals surface area contributed by atoms with Crippen LogP contribution in [-0.2, 0) is 11.2 Å². The van der Waals surface area contributed by atoms with Crippen molar-refractivity contribution in [2.75, 3.05) is 6.61 Å². The van der Waals surface area contributed by atoms with Gasteiger partial charge in [-0.1, -0.05) is 12.1 Å². The summed E-state index contributed by atoms with van der Waals surface area (Å²) in [6.45, 7) is 3.75. The van der Waals surface area contributed by atoms with E-state index in [-0.39, 0.29) is 18.0 Å². The van der Waals surface area contributed by atoms with Crippen LogP contribution in [0.15, 0.2) is 36.4 Å². The van der Waals surface area contributed by atoms with Gasteiger partial charge >= 0.3 is 5.97 Å². The van der Waals surface area contributed by atoms with Crippen LogP contribution < -0.4 is 0 Å². The molecule has 6 heteroatoms. The zero-order valence-electron chi connectivity index (χ0n) is 12.9. The maximum atomic E-state index is 11.9. The Balaban J connectivity index is 2.33. The first-order valence-electron chi connectivity index (χ1n) is 7.16. The van der Waals surface area contributed by atoms with E-state index in [4.69, 9.17) is 4.74 Å². The fourth-order valence-electron chi connectivity index (χ4n) is 2.34. The first-order valence-corrected chi connectivity index (χ1v) is 7.16. The summed E-state index contributed by atoms with van der Waals surface area (Å²) in [7, 11) is 0. The van der Waals surface area contributed by atoms with E-state index >= 15 is 0 Å². The number of ether oxygens (including phenoxy) is 1. The third-order valence-electron chi connectivity index (χ3n) is 3.60. The highest BCUT2D eigenvalue weighted by molar-refractivity contribution is 5.91. The molecule has 2 aromatic carbocycles. The second-order valence-electron chi connectivity index (χ2n) is 5.06. The van der Waals surface area contributed by atoms with Gasteiger partial charge in [0, 0.05) is 24.1 Å². The zero-order valence-corrected chi connectivity index (χ0v) is 12.9. The van der Waals surface area contributed by atoms with Gasteiger partial charge in [-0.15, -0.1) is 0 Å². The maximum Gasteiger partial charge on any atom is 0.338 e. The summed E-state index contributed by atoms with van der Waals surface area (Å²) in [6, 6.07) is 9.08. The highest BCUT2D eigenvalue weighted by Gasteiger charge is 2.16. The molecule has 0 saturated heterocycles. The van der Waals surface area contributed by atoms with Crippen LogP contribution in [0.2, 0.25) is 0 Å². The molecule has 0 aliphatic carbocycles. The Kier molecular flexibility index (Phi) is 4.95. The molecule has 0 amide bonds. The van der Waals surface area contributed by atoms with Crippen LogP contribution in [-0.4, -0.2) is 22.6 Å². The molecule has 0 fully saturated rings. The Morgan fingerprint density at radius 2 is 1.87 bits per heavy atom. The van der Waals surface area contributed by atoms with Crippen molar-refractivity contribution in [1.29, 1.82) is 0 Å². The number of carbonyl (C=O) groups is 1. The molecule has 0 heterocycles. The van der Waals surface area contributed by atoms with Gasteiger partial charge in [0.05, 0.1) is 17.1 Å². The van der Waals surface area contributed by atoms with Crippen LogP contribution in [0.1, 0.15) is 34.0 Å². The van der Waals surface area contributed by atoms with Gasteiger partial charge in [0.25, 0.3) is 5.69 Å². The van der Waals surface area contributed by atoms with Crippen molar-refractivity contribution in [3.8, 4) is 5.75 Å². The van der Waals surface area contributed by atoms with Crippen molar-refractivity contribution in [2.24, 2.45) is 0 Å². The summed E-state index contributed by atoms with van der Waals surface area (Å²) in [5.74, 6) is -0.358. The van der Waals surface area contributed by atoms with Gasteiger partial charge in [0.1, 0.15) is 5.75 Å². The second kappa shape index (κ2) is 6.91. The van der Waals surface area contributed by atoms with Crippen molar-refractivity contribution < 1.29 is 19.6 Å². The first kappa shape index (κ1) is 16.5. The lowest BCUT2D eigenvalue weighted by atomic mass is 9.95. The number of hydrogen-bond donors (Lipinski definition) is 1. The van der Waals surface area contributed by atoms with Crippen molar-refractivity contribution in [3.63, 3.8) is 0 Å². The third kappa shape index (κ3) is 3.66. The Morgan fingerprint density at radius 1 is 1.22 bits per heavy atom. The lowest BCUT2D eigenvalue weighted by molar-refractivity contribution is -0.384. The predicted molar refractivity (Wildman–Crippen MR) is 84.7 cm³/mol. The van der Waals surface area contributed by atoms with E-state index in [9.17, 15) is 20.0 Å². The smallest absolute Gasteiger partial charge is 0.338 e. The van der Waals surface area contributed by atoms with Crippen LogP contribution in [0, 0.1) is 17.0 Å². The van der Waals surface area contributed by atoms with Crippen LogP contribution in [0.5, 0.6) is 5.75 Å². The number of hydrogen-bond acceptors (Lipinski definition) is 5. The van der Waals surface area contributed by atoms with E-state index < -0.39 is 10.9 Å². The number of phenols is 1. The summed E-state index contributed by atoms with van der Waals surface area (Å²) in [5.41, 5.74) is 2.46. The molecule has 0 unspecified atom stereocenters. The molecular formula is C17H17NO5. The summed E-state index contributed by atoms with van der Waals surface area (Å²) < 4.78 is 5.00. The number of carbonyl (C=O) groups excluding carboxylic acids is 1. The molecule has 0 aromatic heterocycles. The van der Waals surface area contributed by atoms with E-state index in [1.807, 2.05) is 0 Å². The van der Waals surface area contributed by atoms with Gasteiger partial charge in [0.2, 0.25) is 0 Å². The molecular weight excluding hydrogens is 298 g/mol. The summed E-state index contributed by atoms with van der Waals surface area (Å²) >= 11 is 0. The van der Waals surface area contributed by atoms with Crippen LogP contribution in [0.3, 0.4) is 0 Å². The van der Waals surface area contributed by atoms with Gasteiger partial charge in [0.15, 0.2) is 0 Å². The Bertz CT molecular complexity index is 737. The number of phenolic OH excluding ortho intramolecular Hbond substituents is 1. The molecule has 2 rings (SSSR count). The standard InChI is InChI=1S/C17H17NO5/c1-3-23-17(20)14-8-9-16(19)15(11(14)2)10-12-4-6-13(7-5-12)18(21)22/h4-9,19H,3,10H2,1-2H3. The van der Waals surface area contributed by atoms with Crippen molar-refractivity contribution in [2.45, 2.75) is 20.3 Å². The molecule has 0 spiro atoms. The average molecular weight is 315 g/mol. The van der Waals surface area contributed by atoms with Crippen molar-refractivity contribution in [3.05, 3.63) is 68.8 Å². The van der Waals surface area contributed by atoms with E-state index in [0.717, 1.165) is 5.56 Å². The van der Waals surface area contributed by atoms with E-state index in [0.29, 0.717) is 23.1 Å². The largest absolute Gasteiger partial charge is 0.508 e. The van der Waals surface area contributed by atoms with Crippen molar-refractivity contribution >= 4 is 11.7 Å². The quantitative estimate of drug-likeness (QED) is 0.519. The molecule has 0 atom stereocenters. The number of benzene rings is 2. The SMILES string of the molecule is CCOC(=O)c1ccc(O)c(Cc2ccc([N+](=O)[O-])cc2)c1C. The summed E-state index contributed by atoms with van der Waals surface area (Å²) in [6.07, 6.45) is 0.364. The fraction of sp³-hybridized carbons (Fsp3) is 0.235. The summed E-state index contributed by atoms with van der Waals surface area (Å²) in [4.78, 5) is 22.1. The second-order valence-corrected chi connectivity index (χ2v) is 5.06. The maximum absolute atomic E-state index is 11.9. The van der Waals surface area contributed by atoms with Gasteiger partial charge in [-0.2, -0.15) is 0 Å². The fourth-order valence-corrected chi connectivity index (χ4v) is 2.34. The van der Waals surface area contributed by atoms with E-state index in [1.54, 1.807) is 26.0 Å². The highest BCUT2D eigenvalue weighted by atomic mass is 16.6. The number of non-ortho nitro benzene ring substituents is 1. The minimum absolute atomic E-state index is 0.00923. The van der Waals surface area contributed by atoms with Crippen LogP contribution >= 0.6 is 0 Å². The molecule has 6 nitrogen and oxygen atoms in total. The molecule has 0 aliphatic heterocycles. The van der Waals surface area contributed by atoms with Gasteiger partial charge in [-0.25, -0.2) is 4.79 Å². The first-order chi connectivity index (χ1) is 10.9. The normalized spacial score (nSPS) is 10.3. The Labute approximate surface area is 133 Å². The minimum atomic E-state index is -0.464. The lowest BCUT2D eigenvalue weighted by Crippen LogP contribution is -2.08. The highest BCUT2D eigenvalue weighted by Crippen LogP contribution is 2.27. The number of nitrogens with zero attached hydrogens (tertiary/aromatic N) is 1. The van der Waals surface area contributed by atoms with E-state index in [1.165, 1.54) is 24.3 Å². The van der Waals surface area contributed by atoms with Crippen molar-refractivity contribution in [1.82, 2.24) is 0 Å². The Hall–Kier alpha value is -2.89. The minimum Gasteiger partial charge on any atom is -0.508 e.